The van der Waals surface area contributed by atoms with Gasteiger partial charge >= 0.3 is 0 Å². The van der Waals surface area contributed by atoms with Crippen LogP contribution in [0, 0.1) is 11.3 Å². The largest absolute Gasteiger partial charge is 0.310 e. The fraction of sp³-hybridized carbons (Fsp3) is 0.867. The van der Waals surface area contributed by atoms with Gasteiger partial charge < -0.3 is 5.32 Å². The molecule has 0 aromatic carbocycles. The third kappa shape index (κ3) is 3.35. The smallest absolute Gasteiger partial charge is 0.0307 e. The predicted molar refractivity (Wildman–Crippen MR) is 72.6 cm³/mol. The van der Waals surface area contributed by atoms with Crippen molar-refractivity contribution in [3.63, 3.8) is 0 Å². The van der Waals surface area contributed by atoms with Gasteiger partial charge in [0.1, 0.15) is 0 Å². The summed E-state index contributed by atoms with van der Waals surface area (Å²) in [4.78, 5) is 0. The van der Waals surface area contributed by atoms with Crippen molar-refractivity contribution in [3.8, 4) is 0 Å². The number of rotatable bonds is 5. The van der Waals surface area contributed by atoms with Crippen LogP contribution < -0.4 is 5.32 Å². The van der Waals surface area contributed by atoms with Gasteiger partial charge in [-0.1, -0.05) is 45.8 Å². The quantitative estimate of drug-likeness (QED) is 0.691. The van der Waals surface area contributed by atoms with Gasteiger partial charge in [-0.2, -0.15) is 0 Å². The van der Waals surface area contributed by atoms with Crippen molar-refractivity contribution in [3.05, 3.63) is 12.2 Å². The van der Waals surface area contributed by atoms with Crippen LogP contribution in [0.1, 0.15) is 59.8 Å². The van der Waals surface area contributed by atoms with E-state index in [0.717, 1.165) is 12.5 Å². The van der Waals surface area contributed by atoms with E-state index in [1.165, 1.54) is 37.7 Å². The molecule has 0 amide bonds. The van der Waals surface area contributed by atoms with Crippen LogP contribution >= 0.6 is 0 Å². The van der Waals surface area contributed by atoms with Crippen LogP contribution in [0.15, 0.2) is 12.2 Å². The third-order valence-electron chi connectivity index (χ3n) is 4.14. The van der Waals surface area contributed by atoms with E-state index in [4.69, 9.17) is 0 Å². The lowest BCUT2D eigenvalue weighted by molar-refractivity contribution is 0.110. The minimum Gasteiger partial charge on any atom is -0.310 e. The average Bonchev–Trinajstić information content (AvgIpc) is 2.20. The van der Waals surface area contributed by atoms with Gasteiger partial charge in [-0.05, 0) is 44.1 Å². The zero-order chi connectivity index (χ0) is 12.2. The molecule has 1 saturated carbocycles. The normalized spacial score (nSPS) is 26.4. The van der Waals surface area contributed by atoms with Crippen LogP contribution in [-0.2, 0) is 0 Å². The van der Waals surface area contributed by atoms with Crippen LogP contribution in [0.4, 0.5) is 0 Å². The lowest BCUT2D eigenvalue weighted by Gasteiger charge is -2.44. The summed E-state index contributed by atoms with van der Waals surface area (Å²) in [6.07, 6.45) is 6.74. The third-order valence-corrected chi connectivity index (χ3v) is 4.14. The summed E-state index contributed by atoms with van der Waals surface area (Å²) in [5, 5.41) is 3.69. The first-order valence-electron chi connectivity index (χ1n) is 6.88. The summed E-state index contributed by atoms with van der Waals surface area (Å²) < 4.78 is 0. The summed E-state index contributed by atoms with van der Waals surface area (Å²) in [6, 6.07) is 0.523. The average molecular weight is 223 g/mol. The molecule has 0 bridgehead atoms. The minimum atomic E-state index is 0.475. The fourth-order valence-electron chi connectivity index (χ4n) is 3.10. The van der Waals surface area contributed by atoms with Crippen molar-refractivity contribution in [1.29, 1.82) is 0 Å². The second-order valence-electron chi connectivity index (χ2n) is 6.12. The van der Waals surface area contributed by atoms with E-state index >= 15 is 0 Å². The highest BCUT2D eigenvalue weighted by molar-refractivity contribution is 5.08. The van der Waals surface area contributed by atoms with Crippen LogP contribution in [0.3, 0.4) is 0 Å². The molecule has 2 atom stereocenters. The maximum absolute atomic E-state index is 4.19. The molecule has 0 radical (unpaired) electrons. The monoisotopic (exact) mass is 223 g/mol. The second-order valence-corrected chi connectivity index (χ2v) is 6.12. The Labute approximate surface area is 102 Å². The first-order chi connectivity index (χ1) is 7.49. The van der Waals surface area contributed by atoms with Gasteiger partial charge in [0.15, 0.2) is 0 Å². The molecule has 2 unspecified atom stereocenters. The molecule has 1 N–H and O–H groups in total. The van der Waals surface area contributed by atoms with E-state index in [0.29, 0.717) is 11.5 Å². The Kier molecular flexibility index (Phi) is 5.04. The van der Waals surface area contributed by atoms with Crippen molar-refractivity contribution in [2.45, 2.75) is 65.8 Å². The van der Waals surface area contributed by atoms with Crippen LogP contribution in [0.25, 0.3) is 0 Å². The first-order valence-corrected chi connectivity index (χ1v) is 6.88. The zero-order valence-corrected chi connectivity index (χ0v) is 11.6. The molecule has 0 spiro atoms. The summed E-state index contributed by atoms with van der Waals surface area (Å²) in [7, 11) is 0. The zero-order valence-electron chi connectivity index (χ0n) is 11.6. The van der Waals surface area contributed by atoms with Crippen molar-refractivity contribution in [2.75, 3.05) is 6.54 Å². The van der Waals surface area contributed by atoms with Crippen LogP contribution in [0.2, 0.25) is 0 Å². The molecule has 1 heteroatoms. The van der Waals surface area contributed by atoms with E-state index in [1.54, 1.807) is 0 Å². The molecule has 1 nitrogen and oxygen atoms in total. The van der Waals surface area contributed by atoms with E-state index in [-0.39, 0.29) is 0 Å². The standard InChI is InChI=1S/C15H29N/c1-6-11-16-14(12(2)3)13-9-7-8-10-15(13,4)5/h13-14,16H,2,6-11H2,1,3-5H3. The van der Waals surface area contributed by atoms with E-state index in [1.807, 2.05) is 0 Å². The molecule has 94 valence electrons. The molecule has 1 aliphatic rings. The van der Waals surface area contributed by atoms with Gasteiger partial charge in [0.2, 0.25) is 0 Å². The molecule has 0 aliphatic heterocycles. The lowest BCUT2D eigenvalue weighted by atomic mass is 9.65. The molecule has 1 rings (SSSR count). The lowest BCUT2D eigenvalue weighted by Crippen LogP contribution is -2.45. The fourth-order valence-corrected chi connectivity index (χ4v) is 3.10. The summed E-state index contributed by atoms with van der Waals surface area (Å²) >= 11 is 0. The molecular weight excluding hydrogens is 194 g/mol. The highest BCUT2D eigenvalue weighted by Crippen LogP contribution is 2.43. The minimum absolute atomic E-state index is 0.475. The molecule has 0 aromatic heterocycles. The van der Waals surface area contributed by atoms with E-state index in [9.17, 15) is 0 Å². The topological polar surface area (TPSA) is 12.0 Å². The van der Waals surface area contributed by atoms with Crippen molar-refractivity contribution >= 4 is 0 Å². The maximum atomic E-state index is 4.19. The van der Waals surface area contributed by atoms with Crippen molar-refractivity contribution < 1.29 is 0 Å². The highest BCUT2D eigenvalue weighted by Gasteiger charge is 2.37. The Hall–Kier alpha value is -0.300. The molecular formula is C15H29N. The van der Waals surface area contributed by atoms with Gasteiger partial charge in [-0.3, -0.25) is 0 Å². The van der Waals surface area contributed by atoms with Crippen molar-refractivity contribution in [2.24, 2.45) is 11.3 Å². The summed E-state index contributed by atoms with van der Waals surface area (Å²) in [6.45, 7) is 14.6. The Bertz CT molecular complexity index is 230. The van der Waals surface area contributed by atoms with E-state index in [2.05, 4.69) is 39.6 Å². The highest BCUT2D eigenvalue weighted by atomic mass is 14.9. The van der Waals surface area contributed by atoms with Gasteiger partial charge in [0, 0.05) is 6.04 Å². The Morgan fingerprint density at radius 1 is 1.44 bits per heavy atom. The number of nitrogens with one attached hydrogen (secondary N) is 1. The molecule has 0 aromatic rings. The SMILES string of the molecule is C=C(C)C(NCCC)C1CCCCC1(C)C. The van der Waals surface area contributed by atoms with Crippen LogP contribution in [-0.4, -0.2) is 12.6 Å². The summed E-state index contributed by atoms with van der Waals surface area (Å²) in [5.74, 6) is 0.769. The molecule has 1 fully saturated rings. The predicted octanol–water partition coefficient (Wildman–Crippen LogP) is 4.15. The maximum Gasteiger partial charge on any atom is 0.0307 e. The van der Waals surface area contributed by atoms with Gasteiger partial charge in [0.25, 0.3) is 0 Å². The van der Waals surface area contributed by atoms with E-state index < -0.39 is 0 Å². The molecule has 1 aliphatic carbocycles. The molecule has 0 saturated heterocycles. The number of hydrogen-bond donors (Lipinski definition) is 1. The van der Waals surface area contributed by atoms with Gasteiger partial charge in [-0.25, -0.2) is 0 Å². The Morgan fingerprint density at radius 3 is 2.62 bits per heavy atom. The Balaban J connectivity index is 2.71. The van der Waals surface area contributed by atoms with Crippen molar-refractivity contribution in [1.82, 2.24) is 5.32 Å². The first kappa shape index (κ1) is 13.8. The number of hydrogen-bond acceptors (Lipinski definition) is 1. The Morgan fingerprint density at radius 2 is 2.12 bits per heavy atom. The summed E-state index contributed by atoms with van der Waals surface area (Å²) in [5.41, 5.74) is 1.79. The second kappa shape index (κ2) is 5.86. The van der Waals surface area contributed by atoms with Crippen LogP contribution in [0.5, 0.6) is 0 Å². The molecule has 16 heavy (non-hydrogen) atoms. The van der Waals surface area contributed by atoms with Gasteiger partial charge in [-0.15, -0.1) is 0 Å². The molecule has 0 heterocycles. The van der Waals surface area contributed by atoms with Gasteiger partial charge in [0.05, 0.1) is 0 Å².